The average Bonchev–Trinajstić information content (AvgIpc) is 2.17. The Morgan fingerprint density at radius 2 is 2.13 bits per heavy atom. The Morgan fingerprint density at radius 1 is 1.47 bits per heavy atom. The van der Waals surface area contributed by atoms with Crippen LogP contribution in [-0.2, 0) is 0 Å². The van der Waals surface area contributed by atoms with Crippen molar-refractivity contribution in [3.63, 3.8) is 0 Å². The normalized spacial score (nSPS) is 10.7. The van der Waals surface area contributed by atoms with Crippen LogP contribution in [0.15, 0.2) is 18.2 Å². The molecule has 2 N–H and O–H groups in total. The fraction of sp³-hybridized carbons (Fsp3) is 0.300. The number of hydrogen-bond donors (Lipinski definition) is 1. The van der Waals surface area contributed by atoms with Crippen molar-refractivity contribution in [1.82, 2.24) is 0 Å². The highest BCUT2D eigenvalue weighted by Crippen LogP contribution is 2.26. The number of carbonyl (C=O) groups is 1. The molecular formula is C10H10ClF2NO. The molecule has 0 heterocycles. The maximum atomic E-state index is 12.5. The number of carbonyl (C=O) groups excluding carboxylic acids is 1. The van der Waals surface area contributed by atoms with E-state index in [9.17, 15) is 13.6 Å². The molecule has 0 fully saturated rings. The Balaban J connectivity index is 3.12. The van der Waals surface area contributed by atoms with Crippen molar-refractivity contribution in [2.45, 2.75) is 12.8 Å². The largest absolute Gasteiger partial charge is 0.330 e. The lowest BCUT2D eigenvalue weighted by atomic mass is 10.0. The van der Waals surface area contributed by atoms with Crippen LogP contribution in [0.2, 0.25) is 5.02 Å². The fourth-order valence-electron chi connectivity index (χ4n) is 1.23. The molecule has 0 amide bonds. The Hall–Kier alpha value is -1.00. The first kappa shape index (κ1) is 12.1. The SMILES string of the molecule is NCCC(=O)c1cc(Cl)ccc1C(F)F. The van der Waals surface area contributed by atoms with Gasteiger partial charge < -0.3 is 5.73 Å². The van der Waals surface area contributed by atoms with Crippen LogP contribution in [-0.4, -0.2) is 12.3 Å². The van der Waals surface area contributed by atoms with Gasteiger partial charge in [-0.05, 0) is 18.7 Å². The summed E-state index contributed by atoms with van der Waals surface area (Å²) in [4.78, 5) is 11.5. The summed E-state index contributed by atoms with van der Waals surface area (Å²) in [5.74, 6) is -0.407. The molecule has 0 bridgehead atoms. The smallest absolute Gasteiger partial charge is 0.264 e. The molecule has 1 aromatic carbocycles. The Bertz CT molecular complexity index is 368. The predicted octanol–water partition coefficient (Wildman–Crippen LogP) is 2.81. The molecular weight excluding hydrogens is 224 g/mol. The second-order valence-electron chi connectivity index (χ2n) is 2.99. The fourth-order valence-corrected chi connectivity index (χ4v) is 1.40. The number of Topliss-reactive ketones (excluding diaryl/α,β-unsaturated/α-hetero) is 1. The molecule has 0 saturated heterocycles. The van der Waals surface area contributed by atoms with Crippen LogP contribution >= 0.6 is 11.6 Å². The van der Waals surface area contributed by atoms with Gasteiger partial charge in [-0.1, -0.05) is 17.7 Å². The second kappa shape index (κ2) is 5.19. The number of rotatable bonds is 4. The summed E-state index contributed by atoms with van der Waals surface area (Å²) in [6.45, 7) is 0.133. The van der Waals surface area contributed by atoms with Gasteiger partial charge in [0.1, 0.15) is 0 Å². The van der Waals surface area contributed by atoms with E-state index >= 15 is 0 Å². The minimum absolute atomic E-state index is 0.0389. The molecule has 0 radical (unpaired) electrons. The van der Waals surface area contributed by atoms with Crippen LogP contribution in [0.5, 0.6) is 0 Å². The molecule has 2 nitrogen and oxygen atoms in total. The molecule has 0 saturated carbocycles. The number of halogens is 3. The molecule has 0 aliphatic rings. The van der Waals surface area contributed by atoms with Crippen LogP contribution in [0.3, 0.4) is 0 Å². The summed E-state index contributed by atoms with van der Waals surface area (Å²) >= 11 is 5.64. The standard InChI is InChI=1S/C10H10ClF2NO/c11-6-1-2-7(10(12)13)8(5-6)9(15)3-4-14/h1-2,5,10H,3-4,14H2. The van der Waals surface area contributed by atoms with Gasteiger partial charge >= 0.3 is 0 Å². The molecule has 0 unspecified atom stereocenters. The molecule has 1 rings (SSSR count). The molecule has 0 aliphatic heterocycles. The van der Waals surface area contributed by atoms with E-state index in [-0.39, 0.29) is 29.1 Å². The van der Waals surface area contributed by atoms with Gasteiger partial charge in [0, 0.05) is 22.6 Å². The minimum atomic E-state index is -2.68. The second-order valence-corrected chi connectivity index (χ2v) is 3.43. The van der Waals surface area contributed by atoms with E-state index in [1.54, 1.807) is 0 Å². The molecule has 5 heteroatoms. The first-order valence-electron chi connectivity index (χ1n) is 4.37. The summed E-state index contributed by atoms with van der Waals surface area (Å²) in [5.41, 5.74) is 4.86. The number of hydrogen-bond acceptors (Lipinski definition) is 2. The van der Waals surface area contributed by atoms with Crippen molar-refractivity contribution >= 4 is 17.4 Å². The van der Waals surface area contributed by atoms with Crippen molar-refractivity contribution in [1.29, 1.82) is 0 Å². The maximum absolute atomic E-state index is 12.5. The van der Waals surface area contributed by atoms with Gasteiger partial charge in [-0.15, -0.1) is 0 Å². The zero-order valence-electron chi connectivity index (χ0n) is 7.84. The number of ketones is 1. The summed E-state index contributed by atoms with van der Waals surface area (Å²) in [7, 11) is 0. The zero-order valence-corrected chi connectivity index (χ0v) is 8.60. The van der Waals surface area contributed by atoms with Crippen molar-refractivity contribution in [2.75, 3.05) is 6.54 Å². The first-order chi connectivity index (χ1) is 7.06. The van der Waals surface area contributed by atoms with Gasteiger partial charge in [-0.2, -0.15) is 0 Å². The summed E-state index contributed by atoms with van der Waals surface area (Å²) in [6, 6.07) is 3.75. The van der Waals surface area contributed by atoms with E-state index in [0.717, 1.165) is 6.07 Å². The summed E-state index contributed by atoms with van der Waals surface area (Å²) in [5, 5.41) is 0.264. The monoisotopic (exact) mass is 233 g/mol. The Labute approximate surface area is 91.0 Å². The molecule has 15 heavy (non-hydrogen) atoms. The molecule has 0 aliphatic carbocycles. The van der Waals surface area contributed by atoms with Crippen LogP contribution in [0.4, 0.5) is 8.78 Å². The van der Waals surface area contributed by atoms with Crippen LogP contribution < -0.4 is 5.73 Å². The topological polar surface area (TPSA) is 43.1 Å². The van der Waals surface area contributed by atoms with E-state index < -0.39 is 12.2 Å². The minimum Gasteiger partial charge on any atom is -0.330 e. The zero-order chi connectivity index (χ0) is 11.4. The van der Waals surface area contributed by atoms with Gasteiger partial charge in [0.05, 0.1) is 0 Å². The predicted molar refractivity (Wildman–Crippen MR) is 54.4 cm³/mol. The maximum Gasteiger partial charge on any atom is 0.264 e. The number of nitrogens with two attached hydrogens (primary N) is 1. The lowest BCUT2D eigenvalue weighted by Crippen LogP contribution is -2.10. The highest BCUT2D eigenvalue weighted by atomic mass is 35.5. The van der Waals surface area contributed by atoms with Gasteiger partial charge in [0.15, 0.2) is 5.78 Å². The summed E-state index contributed by atoms with van der Waals surface area (Å²) in [6.07, 6.45) is -2.64. The van der Waals surface area contributed by atoms with E-state index in [1.165, 1.54) is 12.1 Å². The molecule has 0 aromatic heterocycles. The number of alkyl halides is 2. The van der Waals surface area contributed by atoms with Gasteiger partial charge in [-0.3, -0.25) is 4.79 Å². The third kappa shape index (κ3) is 2.97. The van der Waals surface area contributed by atoms with Crippen LogP contribution in [0.1, 0.15) is 28.8 Å². The molecule has 0 atom stereocenters. The van der Waals surface area contributed by atoms with Crippen molar-refractivity contribution in [2.24, 2.45) is 5.73 Å². The highest BCUT2D eigenvalue weighted by molar-refractivity contribution is 6.31. The first-order valence-corrected chi connectivity index (χ1v) is 4.75. The molecule has 1 aromatic rings. The van der Waals surface area contributed by atoms with E-state index in [1.807, 2.05) is 0 Å². The average molecular weight is 234 g/mol. The third-order valence-electron chi connectivity index (χ3n) is 1.92. The Kier molecular flexibility index (Phi) is 4.17. The molecule has 82 valence electrons. The van der Waals surface area contributed by atoms with Gasteiger partial charge in [-0.25, -0.2) is 8.78 Å². The highest BCUT2D eigenvalue weighted by Gasteiger charge is 2.17. The van der Waals surface area contributed by atoms with Crippen molar-refractivity contribution < 1.29 is 13.6 Å². The van der Waals surface area contributed by atoms with Gasteiger partial charge in [0.2, 0.25) is 0 Å². The van der Waals surface area contributed by atoms with E-state index in [0.29, 0.717) is 0 Å². The summed E-state index contributed by atoms with van der Waals surface area (Å²) < 4.78 is 25.1. The Morgan fingerprint density at radius 3 is 2.67 bits per heavy atom. The van der Waals surface area contributed by atoms with Crippen LogP contribution in [0, 0.1) is 0 Å². The van der Waals surface area contributed by atoms with Crippen molar-refractivity contribution in [3.8, 4) is 0 Å². The molecule has 0 spiro atoms. The lowest BCUT2D eigenvalue weighted by Gasteiger charge is -2.07. The quantitative estimate of drug-likeness (QED) is 0.813. The van der Waals surface area contributed by atoms with E-state index in [2.05, 4.69) is 0 Å². The van der Waals surface area contributed by atoms with Crippen molar-refractivity contribution in [3.05, 3.63) is 34.3 Å². The van der Waals surface area contributed by atoms with Crippen LogP contribution in [0.25, 0.3) is 0 Å². The third-order valence-corrected chi connectivity index (χ3v) is 2.16. The van der Waals surface area contributed by atoms with Gasteiger partial charge in [0.25, 0.3) is 6.43 Å². The number of benzene rings is 1. The lowest BCUT2D eigenvalue weighted by molar-refractivity contribution is 0.0971. The van der Waals surface area contributed by atoms with E-state index in [4.69, 9.17) is 17.3 Å².